The van der Waals surface area contributed by atoms with Crippen molar-refractivity contribution in [2.75, 3.05) is 0 Å². The van der Waals surface area contributed by atoms with Gasteiger partial charge in [0.25, 0.3) is 0 Å². The van der Waals surface area contributed by atoms with Crippen LogP contribution in [0.1, 0.15) is 56.2 Å². The lowest BCUT2D eigenvalue weighted by Crippen LogP contribution is -2.32. The van der Waals surface area contributed by atoms with Crippen LogP contribution in [0.3, 0.4) is 0 Å². The summed E-state index contributed by atoms with van der Waals surface area (Å²) in [6, 6.07) is 20.7. The summed E-state index contributed by atoms with van der Waals surface area (Å²) in [5.41, 5.74) is 5.75. The van der Waals surface area contributed by atoms with Crippen LogP contribution in [0.25, 0.3) is 21.2 Å². The van der Waals surface area contributed by atoms with Gasteiger partial charge in [-0.3, -0.25) is 4.79 Å². The lowest BCUT2D eigenvalue weighted by atomic mass is 9.89. The Morgan fingerprint density at radius 3 is 2.70 bits per heavy atom. The van der Waals surface area contributed by atoms with Crippen LogP contribution in [0.5, 0.6) is 11.5 Å². The molecule has 0 fully saturated rings. The number of halogens is 1. The van der Waals surface area contributed by atoms with E-state index in [1.807, 2.05) is 24.3 Å². The standard InChI is InChI=1S/C32H29ClO3S/c1-4-6-23(18-31(33)34)22-10-12-24(13-11-22)35-19-21-9-14-30-27(17-21)28(20-37-30)25-7-5-8-29-26(25)15-16-32(2,3)36-29/h5,7-14,17,20,23H,15-16,18-19H2,1-3H3/t23-/m0/s1. The van der Waals surface area contributed by atoms with Gasteiger partial charge < -0.3 is 9.47 Å². The molecule has 0 radical (unpaired) electrons. The van der Waals surface area contributed by atoms with Gasteiger partial charge in [0.15, 0.2) is 0 Å². The van der Waals surface area contributed by atoms with Crippen molar-refractivity contribution in [2.24, 2.45) is 0 Å². The molecule has 1 aliphatic rings. The molecule has 0 saturated heterocycles. The third kappa shape index (κ3) is 5.69. The molecule has 5 heteroatoms. The molecule has 3 nitrogen and oxygen atoms in total. The molecular formula is C32H29ClO3S. The van der Waals surface area contributed by atoms with E-state index in [4.69, 9.17) is 21.1 Å². The van der Waals surface area contributed by atoms with Crippen LogP contribution in [-0.4, -0.2) is 10.8 Å². The summed E-state index contributed by atoms with van der Waals surface area (Å²) in [5, 5.41) is 3.11. The fourth-order valence-electron chi connectivity index (χ4n) is 4.87. The summed E-state index contributed by atoms with van der Waals surface area (Å²) in [5.74, 6) is 7.51. The first-order chi connectivity index (χ1) is 17.8. The molecule has 0 amide bonds. The zero-order valence-electron chi connectivity index (χ0n) is 21.3. The Labute approximate surface area is 227 Å². The molecular weight excluding hydrogens is 500 g/mol. The molecule has 0 saturated carbocycles. The van der Waals surface area contributed by atoms with Gasteiger partial charge in [-0.1, -0.05) is 36.3 Å². The largest absolute Gasteiger partial charge is 0.489 e. The van der Waals surface area contributed by atoms with E-state index in [1.54, 1.807) is 18.3 Å². The second kappa shape index (κ2) is 10.6. The number of carbonyl (C=O) groups is 1. The minimum Gasteiger partial charge on any atom is -0.489 e. The molecule has 3 aromatic carbocycles. The SMILES string of the molecule is CC#C[C@@H](CC(=O)Cl)c1ccc(OCc2ccc3scc(-c4cccc5c4CCC(C)(C)O5)c3c2)cc1. The van der Waals surface area contributed by atoms with Crippen LogP contribution in [0.4, 0.5) is 0 Å². The summed E-state index contributed by atoms with van der Waals surface area (Å²) in [7, 11) is 0. The van der Waals surface area contributed by atoms with Crippen molar-refractivity contribution in [3.05, 3.63) is 82.7 Å². The van der Waals surface area contributed by atoms with Crippen molar-refractivity contribution in [2.45, 2.75) is 58.2 Å². The molecule has 0 spiro atoms. The minimum absolute atomic E-state index is 0.128. The van der Waals surface area contributed by atoms with Crippen molar-refractivity contribution < 1.29 is 14.3 Å². The molecule has 4 aromatic rings. The number of benzene rings is 3. The number of thiophene rings is 1. The first-order valence-corrected chi connectivity index (χ1v) is 13.7. The van der Waals surface area contributed by atoms with E-state index in [9.17, 15) is 4.79 Å². The number of ether oxygens (including phenoxy) is 2. The van der Waals surface area contributed by atoms with E-state index >= 15 is 0 Å². The second-order valence-corrected chi connectivity index (χ2v) is 11.3. The summed E-state index contributed by atoms with van der Waals surface area (Å²) in [6.07, 6.45) is 2.21. The Morgan fingerprint density at radius 1 is 1.14 bits per heavy atom. The van der Waals surface area contributed by atoms with Gasteiger partial charge in [-0.15, -0.1) is 17.3 Å². The van der Waals surface area contributed by atoms with Gasteiger partial charge in [-0.25, -0.2) is 0 Å². The molecule has 1 aliphatic heterocycles. The highest BCUT2D eigenvalue weighted by molar-refractivity contribution is 7.17. The van der Waals surface area contributed by atoms with Crippen LogP contribution in [0.15, 0.2) is 66.0 Å². The quantitative estimate of drug-likeness (QED) is 0.178. The number of fused-ring (bicyclic) bond motifs is 2. The molecule has 0 unspecified atom stereocenters. The second-order valence-electron chi connectivity index (χ2n) is 9.99. The van der Waals surface area contributed by atoms with E-state index in [0.29, 0.717) is 6.61 Å². The summed E-state index contributed by atoms with van der Waals surface area (Å²) in [6.45, 7) is 6.54. The van der Waals surface area contributed by atoms with Crippen LogP contribution in [0.2, 0.25) is 0 Å². The number of hydrogen-bond acceptors (Lipinski definition) is 4. The van der Waals surface area contributed by atoms with Gasteiger partial charge in [-0.2, -0.15) is 0 Å². The van der Waals surface area contributed by atoms with Crippen molar-refractivity contribution in [3.8, 4) is 34.5 Å². The highest BCUT2D eigenvalue weighted by Gasteiger charge is 2.28. The lowest BCUT2D eigenvalue weighted by molar-refractivity contribution is -0.111. The number of carbonyl (C=O) groups excluding carboxylic acids is 1. The maximum atomic E-state index is 11.4. The van der Waals surface area contributed by atoms with Gasteiger partial charge in [0.05, 0.1) is 5.92 Å². The Hall–Kier alpha value is -3.26. The van der Waals surface area contributed by atoms with Crippen LogP contribution >= 0.6 is 22.9 Å². The predicted octanol–water partition coefficient (Wildman–Crippen LogP) is 8.51. The highest BCUT2D eigenvalue weighted by Crippen LogP contribution is 2.42. The monoisotopic (exact) mass is 528 g/mol. The van der Waals surface area contributed by atoms with Crippen molar-refractivity contribution >= 4 is 38.3 Å². The van der Waals surface area contributed by atoms with Crippen LogP contribution in [-0.2, 0) is 17.8 Å². The molecule has 0 aliphatic carbocycles. The molecule has 37 heavy (non-hydrogen) atoms. The Kier molecular flexibility index (Phi) is 7.29. The minimum atomic E-state index is -0.386. The third-order valence-corrected chi connectivity index (χ3v) is 7.91. The fourth-order valence-corrected chi connectivity index (χ4v) is 5.97. The van der Waals surface area contributed by atoms with E-state index in [0.717, 1.165) is 35.5 Å². The molecule has 2 heterocycles. The van der Waals surface area contributed by atoms with Gasteiger partial charge in [0.2, 0.25) is 5.24 Å². The van der Waals surface area contributed by atoms with E-state index < -0.39 is 0 Å². The number of rotatable bonds is 7. The van der Waals surface area contributed by atoms with Crippen molar-refractivity contribution in [3.63, 3.8) is 0 Å². The number of hydrogen-bond donors (Lipinski definition) is 0. The van der Waals surface area contributed by atoms with Crippen molar-refractivity contribution in [1.82, 2.24) is 0 Å². The van der Waals surface area contributed by atoms with Crippen molar-refractivity contribution in [1.29, 1.82) is 0 Å². The molecule has 0 N–H and O–H groups in total. The normalized spacial score (nSPS) is 14.7. The van der Waals surface area contributed by atoms with Crippen LogP contribution in [0, 0.1) is 11.8 Å². The Bertz CT molecular complexity index is 1500. The first-order valence-electron chi connectivity index (χ1n) is 12.5. The summed E-state index contributed by atoms with van der Waals surface area (Å²) < 4.78 is 13.7. The van der Waals surface area contributed by atoms with Gasteiger partial charge >= 0.3 is 0 Å². The maximum absolute atomic E-state index is 11.4. The summed E-state index contributed by atoms with van der Waals surface area (Å²) in [4.78, 5) is 11.4. The molecule has 188 valence electrons. The molecule has 0 bridgehead atoms. The first kappa shape index (κ1) is 25.4. The van der Waals surface area contributed by atoms with E-state index in [1.165, 1.54) is 26.8 Å². The Balaban J connectivity index is 1.35. The van der Waals surface area contributed by atoms with E-state index in [-0.39, 0.29) is 23.2 Å². The van der Waals surface area contributed by atoms with Gasteiger partial charge in [0, 0.05) is 27.6 Å². The zero-order valence-corrected chi connectivity index (χ0v) is 22.8. The molecule has 1 atom stereocenters. The summed E-state index contributed by atoms with van der Waals surface area (Å²) >= 11 is 7.37. The average Bonchev–Trinajstić information content (AvgIpc) is 3.29. The zero-order chi connectivity index (χ0) is 26.0. The van der Waals surface area contributed by atoms with Gasteiger partial charge in [0.1, 0.15) is 23.7 Å². The lowest BCUT2D eigenvalue weighted by Gasteiger charge is -2.33. The topological polar surface area (TPSA) is 35.5 Å². The van der Waals surface area contributed by atoms with Crippen LogP contribution < -0.4 is 9.47 Å². The van der Waals surface area contributed by atoms with E-state index in [2.05, 4.69) is 67.5 Å². The molecule has 1 aromatic heterocycles. The fraction of sp³-hybridized carbons (Fsp3) is 0.281. The highest BCUT2D eigenvalue weighted by atomic mass is 35.5. The molecule has 5 rings (SSSR count). The van der Waals surface area contributed by atoms with Gasteiger partial charge in [-0.05, 0) is 97.6 Å². The third-order valence-electron chi connectivity index (χ3n) is 6.80. The Morgan fingerprint density at radius 2 is 1.95 bits per heavy atom. The predicted molar refractivity (Wildman–Crippen MR) is 153 cm³/mol. The maximum Gasteiger partial charge on any atom is 0.223 e. The average molecular weight is 529 g/mol. The smallest absolute Gasteiger partial charge is 0.223 e.